The Labute approximate surface area is 180 Å². The summed E-state index contributed by atoms with van der Waals surface area (Å²) in [7, 11) is 0. The van der Waals surface area contributed by atoms with Crippen LogP contribution in [0.5, 0.6) is 0 Å². The maximum absolute atomic E-state index is 10.7. The summed E-state index contributed by atoms with van der Waals surface area (Å²) in [5.74, 6) is 0. The lowest BCUT2D eigenvalue weighted by Crippen LogP contribution is -2.55. The molecule has 0 fully saturated rings. The molecule has 0 atom stereocenters. The van der Waals surface area contributed by atoms with Crippen LogP contribution in [-0.2, 0) is 15.9 Å². The van der Waals surface area contributed by atoms with E-state index in [0.717, 1.165) is 0 Å². The SMILES string of the molecule is [O]CCCc1ccccc1C(Cl)(Cl)C(Cl)(Cl)C(Cl)(Cl)C(Cl)(Cl)Cl. The van der Waals surface area contributed by atoms with E-state index < -0.39 is 16.8 Å². The largest absolute Gasteiger partial charge is 0.237 e. The zero-order chi connectivity index (χ0) is 18.1. The molecule has 0 aliphatic carbocycles. The Kier molecular flexibility index (Phi) is 8.15. The summed E-state index contributed by atoms with van der Waals surface area (Å²) >= 11 is 54.8. The number of aryl methyl sites for hydroxylation is 1. The Morgan fingerprint density at radius 1 is 0.783 bits per heavy atom. The van der Waals surface area contributed by atoms with Crippen molar-refractivity contribution in [1.82, 2.24) is 0 Å². The van der Waals surface area contributed by atoms with Crippen LogP contribution in [-0.4, -0.2) is 19.1 Å². The summed E-state index contributed by atoms with van der Waals surface area (Å²) in [5, 5.41) is 10.7. The van der Waals surface area contributed by atoms with E-state index in [-0.39, 0.29) is 6.61 Å². The van der Waals surface area contributed by atoms with Crippen molar-refractivity contribution in [3.05, 3.63) is 35.4 Å². The van der Waals surface area contributed by atoms with Crippen molar-refractivity contribution in [3.63, 3.8) is 0 Å². The molecule has 0 saturated heterocycles. The number of hydrogen-bond acceptors (Lipinski definition) is 0. The van der Waals surface area contributed by atoms with Crippen molar-refractivity contribution in [1.29, 1.82) is 0 Å². The van der Waals surface area contributed by atoms with Gasteiger partial charge < -0.3 is 0 Å². The van der Waals surface area contributed by atoms with E-state index in [2.05, 4.69) is 0 Å². The number of rotatable bonds is 6. The zero-order valence-corrected chi connectivity index (χ0v) is 18.0. The van der Waals surface area contributed by atoms with E-state index in [4.69, 9.17) is 104 Å². The first-order valence-corrected chi connectivity index (χ1v) is 9.57. The van der Waals surface area contributed by atoms with Gasteiger partial charge in [0.1, 0.15) is 0 Å². The van der Waals surface area contributed by atoms with Crippen molar-refractivity contribution in [2.45, 2.75) is 29.6 Å². The van der Waals surface area contributed by atoms with Gasteiger partial charge in [-0.05, 0) is 24.0 Å². The minimum atomic E-state index is -2.34. The highest BCUT2D eigenvalue weighted by Gasteiger charge is 2.68. The van der Waals surface area contributed by atoms with Gasteiger partial charge >= 0.3 is 0 Å². The Morgan fingerprint density at radius 2 is 1.30 bits per heavy atom. The molecule has 0 saturated carbocycles. The van der Waals surface area contributed by atoms with Gasteiger partial charge in [-0.15, -0.1) is 0 Å². The predicted octanol–water partition coefficient (Wildman–Crippen LogP) is 7.40. The first kappa shape index (κ1) is 22.8. The molecular formula is C13H10Cl9O. The highest BCUT2D eigenvalue weighted by molar-refractivity contribution is 6.80. The van der Waals surface area contributed by atoms with Gasteiger partial charge in [-0.1, -0.05) is 129 Å². The molecule has 0 bridgehead atoms. The quantitative estimate of drug-likeness (QED) is 0.362. The fraction of sp³-hybridized carbons (Fsp3) is 0.538. The molecule has 0 aliphatic rings. The molecule has 0 N–H and O–H groups in total. The maximum Gasteiger partial charge on any atom is 0.226 e. The van der Waals surface area contributed by atoms with Crippen molar-refractivity contribution < 1.29 is 5.11 Å². The third-order valence-electron chi connectivity index (χ3n) is 3.09. The molecule has 1 nitrogen and oxygen atoms in total. The molecule has 0 unspecified atom stereocenters. The summed E-state index contributed by atoms with van der Waals surface area (Å²) in [6.45, 7) is -0.262. The van der Waals surface area contributed by atoms with E-state index in [1.54, 1.807) is 24.3 Å². The summed E-state index contributed by atoms with van der Waals surface area (Å²) < 4.78 is -8.95. The van der Waals surface area contributed by atoms with Gasteiger partial charge in [-0.3, -0.25) is 0 Å². The summed E-state index contributed by atoms with van der Waals surface area (Å²) in [5.41, 5.74) is 0.981. The van der Waals surface area contributed by atoms with Crippen molar-refractivity contribution >= 4 is 104 Å². The Hall–Kier alpha value is 1.79. The second-order valence-electron chi connectivity index (χ2n) is 4.69. The Bertz CT molecular complexity index is 536. The molecule has 1 aromatic rings. The monoisotopic (exact) mass is 497 g/mol. The second-order valence-corrected chi connectivity index (χ2v) is 10.9. The predicted molar refractivity (Wildman–Crippen MR) is 103 cm³/mol. The summed E-state index contributed by atoms with van der Waals surface area (Å²) in [6.07, 6.45) is 0.784. The molecule has 10 heteroatoms. The van der Waals surface area contributed by atoms with Crippen LogP contribution in [0.25, 0.3) is 0 Å². The number of halogens is 9. The number of hydrogen-bond donors (Lipinski definition) is 0. The lowest BCUT2D eigenvalue weighted by molar-refractivity contribution is 0.189. The highest BCUT2D eigenvalue weighted by atomic mass is 35.6. The molecule has 131 valence electrons. The standard InChI is InChI=1S/C13H10Cl9O/c14-10(15,11(16,17)12(18,19)13(20,21)22)9-6-2-1-4-8(9)5-3-7-23/h1-2,4,6H,3,5,7H2. The van der Waals surface area contributed by atoms with Gasteiger partial charge in [0, 0.05) is 0 Å². The molecular weight excluding hydrogens is 491 g/mol. The van der Waals surface area contributed by atoms with Crippen LogP contribution < -0.4 is 0 Å². The van der Waals surface area contributed by atoms with Crippen LogP contribution in [0.2, 0.25) is 0 Å². The van der Waals surface area contributed by atoms with E-state index in [9.17, 15) is 5.11 Å². The third kappa shape index (κ3) is 4.56. The number of alkyl halides is 9. The normalized spacial score (nSPS) is 14.2. The lowest BCUT2D eigenvalue weighted by atomic mass is 9.97. The smallest absolute Gasteiger partial charge is 0.226 e. The molecule has 0 spiro atoms. The van der Waals surface area contributed by atoms with Gasteiger partial charge in [0.25, 0.3) is 0 Å². The average molecular weight is 501 g/mol. The zero-order valence-electron chi connectivity index (χ0n) is 11.2. The topological polar surface area (TPSA) is 19.9 Å². The molecule has 23 heavy (non-hydrogen) atoms. The summed E-state index contributed by atoms with van der Waals surface area (Å²) in [6, 6.07) is 6.73. The molecule has 0 amide bonds. The fourth-order valence-corrected chi connectivity index (χ4v) is 4.18. The molecule has 0 aromatic heterocycles. The van der Waals surface area contributed by atoms with Crippen LogP contribution >= 0.6 is 104 Å². The Balaban J connectivity index is 3.41. The first-order valence-electron chi connectivity index (χ1n) is 6.17. The van der Waals surface area contributed by atoms with Crippen LogP contribution in [0.4, 0.5) is 0 Å². The Morgan fingerprint density at radius 3 is 1.78 bits per heavy atom. The van der Waals surface area contributed by atoms with Crippen LogP contribution in [0, 0.1) is 0 Å². The van der Waals surface area contributed by atoms with Crippen LogP contribution in [0.15, 0.2) is 24.3 Å². The van der Waals surface area contributed by atoms with Crippen LogP contribution in [0.1, 0.15) is 17.5 Å². The second kappa shape index (κ2) is 8.21. The molecule has 1 rings (SSSR count). The lowest BCUT2D eigenvalue weighted by Gasteiger charge is -2.44. The van der Waals surface area contributed by atoms with Gasteiger partial charge in [0.2, 0.25) is 8.13 Å². The summed E-state index contributed by atoms with van der Waals surface area (Å²) in [4.78, 5) is 0. The molecule has 0 heterocycles. The van der Waals surface area contributed by atoms with E-state index in [0.29, 0.717) is 24.0 Å². The van der Waals surface area contributed by atoms with Gasteiger partial charge in [-0.25, -0.2) is 5.11 Å². The van der Waals surface area contributed by atoms with Gasteiger partial charge in [0.05, 0.1) is 6.61 Å². The van der Waals surface area contributed by atoms with Crippen molar-refractivity contribution in [2.24, 2.45) is 0 Å². The molecule has 0 aliphatic heterocycles. The van der Waals surface area contributed by atoms with Crippen LogP contribution in [0.3, 0.4) is 0 Å². The van der Waals surface area contributed by atoms with E-state index >= 15 is 0 Å². The van der Waals surface area contributed by atoms with E-state index in [1.807, 2.05) is 0 Å². The fourth-order valence-electron chi connectivity index (χ4n) is 1.85. The van der Waals surface area contributed by atoms with E-state index in [1.165, 1.54) is 0 Å². The molecule has 1 radical (unpaired) electrons. The maximum atomic E-state index is 10.7. The van der Waals surface area contributed by atoms with Crippen molar-refractivity contribution in [2.75, 3.05) is 6.61 Å². The first-order chi connectivity index (χ1) is 10.3. The average Bonchev–Trinajstić information content (AvgIpc) is 2.43. The van der Waals surface area contributed by atoms with Gasteiger partial charge in [0.15, 0.2) is 8.67 Å². The van der Waals surface area contributed by atoms with Crippen molar-refractivity contribution in [3.8, 4) is 0 Å². The number of benzene rings is 1. The van der Waals surface area contributed by atoms with Gasteiger partial charge in [-0.2, -0.15) is 0 Å². The highest BCUT2D eigenvalue weighted by Crippen LogP contribution is 2.65. The third-order valence-corrected chi connectivity index (χ3v) is 8.54. The minimum absolute atomic E-state index is 0.262. The molecule has 1 aromatic carbocycles. The minimum Gasteiger partial charge on any atom is -0.237 e.